The Hall–Kier alpha value is -2.08. The molecule has 5 heteroatoms. The maximum Gasteiger partial charge on any atom is 0.121 e. The van der Waals surface area contributed by atoms with Gasteiger partial charge in [-0.05, 0) is 36.6 Å². The predicted octanol–water partition coefficient (Wildman–Crippen LogP) is 2.78. The molecule has 0 aromatic heterocycles. The Morgan fingerprint density at radius 3 is 2.63 bits per heavy atom. The molecular weight excluding hydrogens is 340 g/mol. The maximum atomic E-state index is 10.0. The van der Waals surface area contributed by atoms with E-state index in [1.807, 2.05) is 24.3 Å². The second-order valence-corrected chi connectivity index (χ2v) is 7.30. The number of rotatable bonds is 7. The highest BCUT2D eigenvalue weighted by molar-refractivity contribution is 5.36. The van der Waals surface area contributed by atoms with Crippen molar-refractivity contribution in [2.75, 3.05) is 33.4 Å². The van der Waals surface area contributed by atoms with Gasteiger partial charge in [-0.15, -0.1) is 0 Å². The van der Waals surface area contributed by atoms with Gasteiger partial charge in [0.05, 0.1) is 7.11 Å². The van der Waals surface area contributed by atoms with Gasteiger partial charge in [0.2, 0.25) is 0 Å². The summed E-state index contributed by atoms with van der Waals surface area (Å²) in [5.74, 6) is 1.27. The van der Waals surface area contributed by atoms with E-state index in [-0.39, 0.29) is 6.61 Å². The molecule has 1 aliphatic heterocycles. The third-order valence-corrected chi connectivity index (χ3v) is 5.38. The lowest BCUT2D eigenvalue weighted by Crippen LogP contribution is -2.52. The summed E-state index contributed by atoms with van der Waals surface area (Å²) in [5.41, 5.74) is 3.37. The molecule has 146 valence electrons. The summed E-state index contributed by atoms with van der Waals surface area (Å²) in [6, 6.07) is 14.2. The van der Waals surface area contributed by atoms with E-state index < -0.39 is 0 Å². The summed E-state index contributed by atoms with van der Waals surface area (Å²) in [4.78, 5) is 4.82. The van der Waals surface area contributed by atoms with Crippen molar-refractivity contribution in [1.82, 2.24) is 9.80 Å². The van der Waals surface area contributed by atoms with Gasteiger partial charge < -0.3 is 14.9 Å². The molecule has 2 aromatic carbocycles. The molecule has 0 saturated carbocycles. The van der Waals surface area contributed by atoms with Crippen LogP contribution in [-0.2, 0) is 13.1 Å². The van der Waals surface area contributed by atoms with Crippen LogP contribution in [0.1, 0.15) is 23.1 Å². The molecule has 0 aliphatic carbocycles. The Bertz CT molecular complexity index is 750. The third-order valence-electron chi connectivity index (χ3n) is 5.38. The molecule has 0 radical (unpaired) electrons. The molecule has 5 nitrogen and oxygen atoms in total. The quantitative estimate of drug-likeness (QED) is 0.785. The van der Waals surface area contributed by atoms with Gasteiger partial charge in [-0.1, -0.05) is 30.3 Å². The molecular formula is C22H30N2O3. The zero-order chi connectivity index (χ0) is 19.2. The van der Waals surface area contributed by atoms with Crippen LogP contribution in [0.25, 0.3) is 0 Å². The smallest absolute Gasteiger partial charge is 0.121 e. The minimum absolute atomic E-state index is 0.188. The molecule has 0 amide bonds. The van der Waals surface area contributed by atoms with Gasteiger partial charge in [-0.3, -0.25) is 9.80 Å². The first kappa shape index (κ1) is 19.7. The molecule has 1 heterocycles. The molecule has 0 bridgehead atoms. The van der Waals surface area contributed by atoms with Crippen molar-refractivity contribution >= 4 is 0 Å². The van der Waals surface area contributed by atoms with Gasteiger partial charge in [-0.2, -0.15) is 0 Å². The highest BCUT2D eigenvalue weighted by Crippen LogP contribution is 2.24. The summed E-state index contributed by atoms with van der Waals surface area (Å²) in [6.07, 6.45) is 0.756. The number of aryl methyl sites for hydroxylation is 1. The normalized spacial score (nSPS) is 18.6. The number of phenols is 1. The van der Waals surface area contributed by atoms with E-state index in [2.05, 4.69) is 28.9 Å². The Morgan fingerprint density at radius 2 is 1.93 bits per heavy atom. The van der Waals surface area contributed by atoms with E-state index in [1.165, 1.54) is 5.56 Å². The Morgan fingerprint density at radius 1 is 1.11 bits per heavy atom. The second-order valence-electron chi connectivity index (χ2n) is 7.30. The minimum atomic E-state index is 0.188. The largest absolute Gasteiger partial charge is 0.508 e. The average molecular weight is 370 g/mol. The topological polar surface area (TPSA) is 56.2 Å². The summed E-state index contributed by atoms with van der Waals surface area (Å²) in [5, 5.41) is 19.6. The summed E-state index contributed by atoms with van der Waals surface area (Å²) in [7, 11) is 1.70. The van der Waals surface area contributed by atoms with Gasteiger partial charge >= 0.3 is 0 Å². The van der Waals surface area contributed by atoms with Crippen LogP contribution in [0, 0.1) is 6.92 Å². The minimum Gasteiger partial charge on any atom is -0.508 e. The van der Waals surface area contributed by atoms with Crippen molar-refractivity contribution in [2.24, 2.45) is 0 Å². The molecule has 1 fully saturated rings. The van der Waals surface area contributed by atoms with Crippen LogP contribution in [-0.4, -0.2) is 59.4 Å². The van der Waals surface area contributed by atoms with Gasteiger partial charge in [-0.25, -0.2) is 0 Å². The van der Waals surface area contributed by atoms with E-state index in [9.17, 15) is 10.2 Å². The van der Waals surface area contributed by atoms with E-state index in [4.69, 9.17) is 4.74 Å². The lowest BCUT2D eigenvalue weighted by molar-refractivity contribution is 0.0496. The standard InChI is InChI=1S/C22H30N2O3/c1-17-13-18(7-8-22(17)27-2)14-24-11-10-23(16-20(24)9-12-25)15-19-5-3-4-6-21(19)26/h3-8,13,20,25-26H,9-12,14-16H2,1-2H3/t20-/m1/s1. The lowest BCUT2D eigenvalue weighted by atomic mass is 10.0. The number of nitrogens with zero attached hydrogens (tertiary/aromatic N) is 2. The highest BCUT2D eigenvalue weighted by Gasteiger charge is 2.27. The van der Waals surface area contributed by atoms with Crippen molar-refractivity contribution in [3.63, 3.8) is 0 Å². The number of piperazine rings is 1. The number of hydrogen-bond acceptors (Lipinski definition) is 5. The van der Waals surface area contributed by atoms with Gasteiger partial charge in [0.1, 0.15) is 11.5 Å². The predicted molar refractivity (Wildman–Crippen MR) is 107 cm³/mol. The summed E-state index contributed by atoms with van der Waals surface area (Å²) >= 11 is 0. The van der Waals surface area contributed by atoms with Gasteiger partial charge in [0.25, 0.3) is 0 Å². The Kier molecular flexibility index (Phi) is 6.72. The van der Waals surface area contributed by atoms with Gasteiger partial charge in [0, 0.05) is 50.9 Å². The van der Waals surface area contributed by atoms with Crippen LogP contribution in [0.15, 0.2) is 42.5 Å². The zero-order valence-corrected chi connectivity index (χ0v) is 16.3. The maximum absolute atomic E-state index is 10.0. The van der Waals surface area contributed by atoms with Crippen molar-refractivity contribution in [3.8, 4) is 11.5 Å². The monoisotopic (exact) mass is 370 g/mol. The Labute approximate surface area is 161 Å². The fraction of sp³-hybridized carbons (Fsp3) is 0.455. The summed E-state index contributed by atoms with van der Waals surface area (Å²) < 4.78 is 5.36. The van der Waals surface area contributed by atoms with Crippen LogP contribution in [0.4, 0.5) is 0 Å². The molecule has 1 aliphatic rings. The molecule has 1 saturated heterocycles. The fourth-order valence-corrected chi connectivity index (χ4v) is 3.89. The van der Waals surface area contributed by atoms with Crippen molar-refractivity contribution in [3.05, 3.63) is 59.2 Å². The molecule has 27 heavy (non-hydrogen) atoms. The highest BCUT2D eigenvalue weighted by atomic mass is 16.5. The van der Waals surface area contributed by atoms with Crippen molar-refractivity contribution < 1.29 is 14.9 Å². The zero-order valence-electron chi connectivity index (χ0n) is 16.3. The van der Waals surface area contributed by atoms with Gasteiger partial charge in [0.15, 0.2) is 0 Å². The number of aromatic hydroxyl groups is 1. The van der Waals surface area contributed by atoms with Crippen LogP contribution in [0.2, 0.25) is 0 Å². The van der Waals surface area contributed by atoms with E-state index >= 15 is 0 Å². The summed E-state index contributed by atoms with van der Waals surface area (Å²) in [6.45, 7) is 6.66. The van der Waals surface area contributed by atoms with Crippen LogP contribution in [0.5, 0.6) is 11.5 Å². The number of aliphatic hydroxyl groups is 1. The first-order valence-corrected chi connectivity index (χ1v) is 9.58. The molecule has 2 N–H and O–H groups in total. The van der Waals surface area contributed by atoms with E-state index in [0.29, 0.717) is 11.8 Å². The number of ether oxygens (including phenoxy) is 1. The number of aliphatic hydroxyl groups excluding tert-OH is 1. The number of methoxy groups -OCH3 is 1. The third kappa shape index (κ3) is 5.01. The SMILES string of the molecule is COc1ccc(CN2CCN(Cc3ccccc3O)C[C@H]2CCO)cc1C. The first-order chi connectivity index (χ1) is 13.1. The number of para-hydroxylation sites is 1. The number of phenolic OH excluding ortho intramolecular Hbond substituents is 1. The molecule has 2 aromatic rings. The fourth-order valence-electron chi connectivity index (χ4n) is 3.89. The van der Waals surface area contributed by atoms with Crippen LogP contribution >= 0.6 is 0 Å². The Balaban J connectivity index is 1.65. The van der Waals surface area contributed by atoms with Crippen LogP contribution in [0.3, 0.4) is 0 Å². The van der Waals surface area contributed by atoms with E-state index in [0.717, 1.165) is 56.0 Å². The number of hydrogen-bond donors (Lipinski definition) is 2. The lowest BCUT2D eigenvalue weighted by Gasteiger charge is -2.41. The second kappa shape index (κ2) is 9.22. The van der Waals surface area contributed by atoms with Crippen LogP contribution < -0.4 is 4.74 Å². The van der Waals surface area contributed by atoms with E-state index in [1.54, 1.807) is 13.2 Å². The first-order valence-electron chi connectivity index (χ1n) is 9.58. The molecule has 0 unspecified atom stereocenters. The van der Waals surface area contributed by atoms with Crippen molar-refractivity contribution in [2.45, 2.75) is 32.5 Å². The average Bonchev–Trinajstić information content (AvgIpc) is 2.66. The molecule has 3 rings (SSSR count). The molecule has 0 spiro atoms. The number of benzene rings is 2. The van der Waals surface area contributed by atoms with Crippen molar-refractivity contribution in [1.29, 1.82) is 0 Å². The molecule has 1 atom stereocenters.